The number of nitrogens with one attached hydrogen (secondary N) is 1. The van der Waals surface area contributed by atoms with Gasteiger partial charge in [-0.15, -0.1) is 0 Å². The second-order valence-electron chi connectivity index (χ2n) is 4.96. The Morgan fingerprint density at radius 1 is 1.35 bits per heavy atom. The van der Waals surface area contributed by atoms with E-state index < -0.39 is 0 Å². The fourth-order valence-electron chi connectivity index (χ4n) is 1.86. The summed E-state index contributed by atoms with van der Waals surface area (Å²) in [6.45, 7) is 5.19. The molecule has 0 bridgehead atoms. The van der Waals surface area contributed by atoms with Crippen LogP contribution in [0.3, 0.4) is 0 Å². The molecule has 0 aromatic carbocycles. The zero-order valence-electron chi connectivity index (χ0n) is 10.8. The largest absolute Gasteiger partial charge is 0.369 e. The van der Waals surface area contributed by atoms with Gasteiger partial charge in [-0.25, -0.2) is 4.98 Å². The van der Waals surface area contributed by atoms with Gasteiger partial charge in [-0.05, 0) is 32.2 Å². The van der Waals surface area contributed by atoms with Crippen molar-refractivity contribution in [2.45, 2.75) is 32.7 Å². The first kappa shape index (κ1) is 12.3. The average molecular weight is 234 g/mol. The normalized spacial score (nSPS) is 15.2. The first-order valence-electron chi connectivity index (χ1n) is 6.51. The van der Waals surface area contributed by atoms with E-state index in [0.29, 0.717) is 0 Å². The summed E-state index contributed by atoms with van der Waals surface area (Å²) in [5.74, 6) is 1.80. The fourth-order valence-corrected chi connectivity index (χ4v) is 1.86. The van der Waals surface area contributed by atoms with Crippen molar-refractivity contribution in [3.05, 3.63) is 18.1 Å². The van der Waals surface area contributed by atoms with Crippen molar-refractivity contribution in [3.63, 3.8) is 0 Å². The van der Waals surface area contributed by atoms with Gasteiger partial charge in [0.15, 0.2) is 0 Å². The Morgan fingerprint density at radius 2 is 2.18 bits per heavy atom. The number of anilines is 1. The second kappa shape index (κ2) is 5.96. The van der Waals surface area contributed by atoms with E-state index in [0.717, 1.165) is 36.9 Å². The van der Waals surface area contributed by atoms with Crippen LogP contribution in [0.4, 0.5) is 5.82 Å². The second-order valence-corrected chi connectivity index (χ2v) is 4.96. The monoisotopic (exact) mass is 234 g/mol. The smallest absolute Gasteiger partial charge is 0.144 e. The van der Waals surface area contributed by atoms with Gasteiger partial charge in [0.2, 0.25) is 0 Å². The highest BCUT2D eigenvalue weighted by molar-refractivity contribution is 5.30. The van der Waals surface area contributed by atoms with Crippen LogP contribution in [0.2, 0.25) is 0 Å². The van der Waals surface area contributed by atoms with Gasteiger partial charge in [0.1, 0.15) is 5.82 Å². The number of nitrogens with zero attached hydrogens (tertiary/aromatic N) is 3. The van der Waals surface area contributed by atoms with Crippen molar-refractivity contribution in [2.75, 3.05) is 25.5 Å². The molecule has 94 valence electrons. The van der Waals surface area contributed by atoms with E-state index in [1.165, 1.54) is 19.4 Å². The topological polar surface area (TPSA) is 41.1 Å². The first-order chi connectivity index (χ1) is 8.28. The molecular formula is C13H22N4. The van der Waals surface area contributed by atoms with E-state index in [4.69, 9.17) is 0 Å². The minimum absolute atomic E-state index is 0.875. The molecule has 0 aliphatic heterocycles. The van der Waals surface area contributed by atoms with Crippen molar-refractivity contribution in [2.24, 2.45) is 5.92 Å². The molecule has 0 radical (unpaired) electrons. The first-order valence-corrected chi connectivity index (χ1v) is 6.51. The van der Waals surface area contributed by atoms with E-state index in [2.05, 4.69) is 34.2 Å². The van der Waals surface area contributed by atoms with Crippen LogP contribution >= 0.6 is 0 Å². The molecule has 0 atom stereocenters. The lowest BCUT2D eigenvalue weighted by molar-refractivity contribution is 0.309. The van der Waals surface area contributed by atoms with Gasteiger partial charge in [0, 0.05) is 19.6 Å². The predicted molar refractivity (Wildman–Crippen MR) is 69.9 cm³/mol. The summed E-state index contributed by atoms with van der Waals surface area (Å²) in [6, 6.07) is 0. The van der Waals surface area contributed by atoms with Gasteiger partial charge in [0.05, 0.1) is 18.1 Å². The van der Waals surface area contributed by atoms with Gasteiger partial charge >= 0.3 is 0 Å². The summed E-state index contributed by atoms with van der Waals surface area (Å²) in [5.41, 5.74) is 1.05. The molecule has 0 saturated heterocycles. The summed E-state index contributed by atoms with van der Waals surface area (Å²) >= 11 is 0. The molecule has 0 amide bonds. The Morgan fingerprint density at radius 3 is 2.76 bits per heavy atom. The lowest BCUT2D eigenvalue weighted by Gasteiger charge is -2.15. The zero-order valence-corrected chi connectivity index (χ0v) is 10.8. The van der Waals surface area contributed by atoms with Gasteiger partial charge < -0.3 is 10.2 Å². The molecule has 1 heterocycles. The number of aromatic nitrogens is 2. The Hall–Kier alpha value is -1.16. The van der Waals surface area contributed by atoms with Crippen LogP contribution in [0.1, 0.15) is 31.9 Å². The van der Waals surface area contributed by atoms with E-state index in [-0.39, 0.29) is 0 Å². The van der Waals surface area contributed by atoms with Crippen molar-refractivity contribution in [1.29, 1.82) is 0 Å². The molecule has 1 saturated carbocycles. The van der Waals surface area contributed by atoms with Gasteiger partial charge in [-0.1, -0.05) is 6.92 Å². The molecule has 1 aromatic rings. The van der Waals surface area contributed by atoms with Crippen LogP contribution < -0.4 is 5.32 Å². The molecule has 0 unspecified atom stereocenters. The molecule has 4 nitrogen and oxygen atoms in total. The number of hydrogen-bond donors (Lipinski definition) is 1. The highest BCUT2D eigenvalue weighted by Gasteiger charge is 2.22. The van der Waals surface area contributed by atoms with E-state index in [9.17, 15) is 0 Å². The molecule has 1 aromatic heterocycles. The Balaban J connectivity index is 1.79. The highest BCUT2D eigenvalue weighted by atomic mass is 15.1. The maximum Gasteiger partial charge on any atom is 0.144 e. The third-order valence-corrected chi connectivity index (χ3v) is 2.96. The van der Waals surface area contributed by atoms with Crippen molar-refractivity contribution in [3.8, 4) is 0 Å². The molecule has 1 fully saturated rings. The molecule has 17 heavy (non-hydrogen) atoms. The van der Waals surface area contributed by atoms with Crippen LogP contribution in [-0.4, -0.2) is 35.0 Å². The number of rotatable bonds is 7. The van der Waals surface area contributed by atoms with E-state index >= 15 is 0 Å². The standard InChI is InChI=1S/C13H22N4/c1-3-6-14-13-8-15-12(7-16-13)10-17(2)9-11-4-5-11/h7-8,11H,3-6,9-10H2,1-2H3,(H,14,16). The molecule has 1 aliphatic rings. The highest BCUT2D eigenvalue weighted by Crippen LogP contribution is 2.29. The summed E-state index contributed by atoms with van der Waals surface area (Å²) in [6.07, 6.45) is 7.61. The van der Waals surface area contributed by atoms with Gasteiger partial charge in [-0.2, -0.15) is 0 Å². The molecule has 1 aliphatic carbocycles. The molecule has 0 spiro atoms. The minimum Gasteiger partial charge on any atom is -0.369 e. The van der Waals surface area contributed by atoms with Crippen molar-refractivity contribution in [1.82, 2.24) is 14.9 Å². The van der Waals surface area contributed by atoms with Crippen LogP contribution in [0.5, 0.6) is 0 Å². The summed E-state index contributed by atoms with van der Waals surface area (Å²) in [4.78, 5) is 11.1. The molecular weight excluding hydrogens is 212 g/mol. The summed E-state index contributed by atoms with van der Waals surface area (Å²) in [5, 5.41) is 3.23. The molecule has 1 N–H and O–H groups in total. The maximum atomic E-state index is 4.43. The Bertz CT molecular complexity index is 332. The Labute approximate surface area is 103 Å². The lowest BCUT2D eigenvalue weighted by Crippen LogP contribution is -2.21. The summed E-state index contributed by atoms with van der Waals surface area (Å²) < 4.78 is 0. The minimum atomic E-state index is 0.875. The summed E-state index contributed by atoms with van der Waals surface area (Å²) in [7, 11) is 2.16. The predicted octanol–water partition coefficient (Wildman–Crippen LogP) is 2.14. The van der Waals surface area contributed by atoms with Gasteiger partial charge in [0.25, 0.3) is 0 Å². The van der Waals surface area contributed by atoms with E-state index in [1.54, 1.807) is 0 Å². The Kier molecular flexibility index (Phi) is 4.31. The van der Waals surface area contributed by atoms with Crippen LogP contribution in [-0.2, 0) is 6.54 Å². The van der Waals surface area contributed by atoms with Crippen LogP contribution in [0, 0.1) is 5.92 Å². The fraction of sp³-hybridized carbons (Fsp3) is 0.692. The van der Waals surface area contributed by atoms with Crippen LogP contribution in [0.15, 0.2) is 12.4 Å². The third-order valence-electron chi connectivity index (χ3n) is 2.96. The quantitative estimate of drug-likeness (QED) is 0.785. The van der Waals surface area contributed by atoms with Crippen molar-refractivity contribution >= 4 is 5.82 Å². The van der Waals surface area contributed by atoms with E-state index in [1.807, 2.05) is 12.4 Å². The molecule has 4 heteroatoms. The van der Waals surface area contributed by atoms with Gasteiger partial charge in [-0.3, -0.25) is 4.98 Å². The maximum absolute atomic E-state index is 4.43. The lowest BCUT2D eigenvalue weighted by atomic mass is 10.3. The average Bonchev–Trinajstić information content (AvgIpc) is 3.12. The van der Waals surface area contributed by atoms with Crippen LogP contribution in [0.25, 0.3) is 0 Å². The SMILES string of the molecule is CCCNc1cnc(CN(C)CC2CC2)cn1. The zero-order chi connectivity index (χ0) is 12.1. The molecule has 2 rings (SSSR count). The van der Waals surface area contributed by atoms with Crippen molar-refractivity contribution < 1.29 is 0 Å². The third kappa shape index (κ3) is 4.30. The number of hydrogen-bond acceptors (Lipinski definition) is 4.